The Morgan fingerprint density at radius 1 is 1.25 bits per heavy atom. The number of ether oxygens (including phenoxy) is 1. The number of carbonyl (C=O) groups is 1. The molecule has 4 nitrogen and oxygen atoms in total. The summed E-state index contributed by atoms with van der Waals surface area (Å²) in [7, 11) is 1.69. The first kappa shape index (κ1) is 15.8. The van der Waals surface area contributed by atoms with Crippen LogP contribution in [-0.4, -0.2) is 39.3 Å². The molecule has 0 aromatic heterocycles. The van der Waals surface area contributed by atoms with E-state index in [9.17, 15) is 4.79 Å². The second kappa shape index (κ2) is 6.44. The zero-order chi connectivity index (χ0) is 14.6. The Kier molecular flexibility index (Phi) is 5.08. The molecule has 2 aliphatic rings. The molecule has 1 amide bonds. The fourth-order valence-electron chi connectivity index (χ4n) is 3.57. The van der Waals surface area contributed by atoms with Gasteiger partial charge in [0.1, 0.15) is 0 Å². The van der Waals surface area contributed by atoms with E-state index >= 15 is 0 Å². The van der Waals surface area contributed by atoms with Gasteiger partial charge in [-0.25, -0.2) is 0 Å². The molecule has 4 heteroatoms. The summed E-state index contributed by atoms with van der Waals surface area (Å²) in [4.78, 5) is 12.7. The molecule has 2 rings (SSSR count). The van der Waals surface area contributed by atoms with Crippen LogP contribution in [-0.2, 0) is 9.53 Å². The van der Waals surface area contributed by atoms with Crippen LogP contribution in [0.1, 0.15) is 46.0 Å². The Labute approximate surface area is 123 Å². The van der Waals surface area contributed by atoms with Crippen molar-refractivity contribution in [2.45, 2.75) is 46.0 Å². The molecule has 1 saturated carbocycles. The van der Waals surface area contributed by atoms with Gasteiger partial charge >= 0.3 is 0 Å². The molecular formula is C16H30N2O2. The lowest BCUT2D eigenvalue weighted by Crippen LogP contribution is -2.51. The van der Waals surface area contributed by atoms with Crippen LogP contribution >= 0.6 is 0 Å². The van der Waals surface area contributed by atoms with E-state index in [4.69, 9.17) is 4.74 Å². The summed E-state index contributed by atoms with van der Waals surface area (Å²) >= 11 is 0. The molecule has 1 heterocycles. The third kappa shape index (κ3) is 3.73. The molecule has 0 bridgehead atoms. The van der Waals surface area contributed by atoms with Gasteiger partial charge in [-0.15, -0.1) is 0 Å². The second-order valence-electron chi connectivity index (χ2n) is 7.24. The van der Waals surface area contributed by atoms with Gasteiger partial charge in [0.15, 0.2) is 0 Å². The maximum atomic E-state index is 12.7. The molecule has 2 N–H and O–H groups in total. The number of nitrogens with one attached hydrogen (secondary N) is 2. The van der Waals surface area contributed by atoms with Crippen molar-refractivity contribution in [1.82, 2.24) is 10.6 Å². The predicted molar refractivity (Wildman–Crippen MR) is 80.5 cm³/mol. The van der Waals surface area contributed by atoms with Crippen LogP contribution in [0.3, 0.4) is 0 Å². The summed E-state index contributed by atoms with van der Waals surface area (Å²) < 4.78 is 5.33. The van der Waals surface area contributed by atoms with Crippen molar-refractivity contribution in [3.05, 3.63) is 0 Å². The fourth-order valence-corrected chi connectivity index (χ4v) is 3.57. The van der Waals surface area contributed by atoms with Crippen molar-refractivity contribution in [2.75, 3.05) is 33.4 Å². The standard InChI is InChI=1S/C16H30N2O2/c1-13(2)10-15(4-5-15)11-18-14(19)16(12-20-3)6-8-17-9-7-16/h13,17H,4-12H2,1-3H3,(H,18,19). The van der Waals surface area contributed by atoms with Crippen LogP contribution in [0.2, 0.25) is 0 Å². The van der Waals surface area contributed by atoms with E-state index in [-0.39, 0.29) is 11.3 Å². The highest BCUT2D eigenvalue weighted by atomic mass is 16.5. The Bertz CT molecular complexity index is 326. The quantitative estimate of drug-likeness (QED) is 0.750. The second-order valence-corrected chi connectivity index (χ2v) is 7.24. The Morgan fingerprint density at radius 2 is 1.90 bits per heavy atom. The number of amides is 1. The third-order valence-electron chi connectivity index (χ3n) is 4.89. The number of hydrogen-bond acceptors (Lipinski definition) is 3. The van der Waals surface area contributed by atoms with Crippen molar-refractivity contribution >= 4 is 5.91 Å². The van der Waals surface area contributed by atoms with Gasteiger partial charge in [0.25, 0.3) is 0 Å². The van der Waals surface area contributed by atoms with Gasteiger partial charge in [-0.2, -0.15) is 0 Å². The van der Waals surface area contributed by atoms with Gasteiger partial charge in [-0.3, -0.25) is 4.79 Å². The minimum absolute atomic E-state index is 0.205. The first-order valence-electron chi connectivity index (χ1n) is 8.00. The van der Waals surface area contributed by atoms with Crippen LogP contribution in [0, 0.1) is 16.7 Å². The summed E-state index contributed by atoms with van der Waals surface area (Å²) in [6.45, 7) is 7.74. The topological polar surface area (TPSA) is 50.4 Å². The van der Waals surface area contributed by atoms with Gasteiger partial charge < -0.3 is 15.4 Å². The first-order valence-corrected chi connectivity index (χ1v) is 8.00. The average Bonchev–Trinajstić information content (AvgIpc) is 3.16. The molecular weight excluding hydrogens is 252 g/mol. The monoisotopic (exact) mass is 282 g/mol. The molecule has 1 saturated heterocycles. The number of piperidine rings is 1. The average molecular weight is 282 g/mol. The van der Waals surface area contributed by atoms with E-state index in [2.05, 4.69) is 24.5 Å². The highest BCUT2D eigenvalue weighted by Crippen LogP contribution is 2.50. The molecule has 0 radical (unpaired) electrons. The molecule has 0 aromatic carbocycles. The first-order chi connectivity index (χ1) is 9.52. The highest BCUT2D eigenvalue weighted by Gasteiger charge is 2.45. The zero-order valence-corrected chi connectivity index (χ0v) is 13.3. The van der Waals surface area contributed by atoms with Crippen LogP contribution in [0.15, 0.2) is 0 Å². The van der Waals surface area contributed by atoms with Crippen molar-refractivity contribution in [2.24, 2.45) is 16.7 Å². The zero-order valence-electron chi connectivity index (χ0n) is 13.3. The highest BCUT2D eigenvalue weighted by molar-refractivity contribution is 5.83. The predicted octanol–water partition coefficient (Wildman–Crippen LogP) is 1.95. The van der Waals surface area contributed by atoms with Gasteiger partial charge in [0.05, 0.1) is 12.0 Å². The molecule has 116 valence electrons. The van der Waals surface area contributed by atoms with Crippen molar-refractivity contribution in [3.63, 3.8) is 0 Å². The van der Waals surface area contributed by atoms with Crippen molar-refractivity contribution in [3.8, 4) is 0 Å². The summed E-state index contributed by atoms with van der Waals surface area (Å²) in [6, 6.07) is 0. The van der Waals surface area contributed by atoms with Crippen LogP contribution in [0.4, 0.5) is 0 Å². The Hall–Kier alpha value is -0.610. The van der Waals surface area contributed by atoms with E-state index in [1.165, 1.54) is 19.3 Å². The number of methoxy groups -OCH3 is 1. The number of carbonyl (C=O) groups excluding carboxylic acids is 1. The summed E-state index contributed by atoms with van der Waals surface area (Å²) in [5, 5.41) is 6.57. The van der Waals surface area contributed by atoms with Crippen LogP contribution < -0.4 is 10.6 Å². The van der Waals surface area contributed by atoms with Gasteiger partial charge in [-0.05, 0) is 56.5 Å². The van der Waals surface area contributed by atoms with Gasteiger partial charge in [-0.1, -0.05) is 13.8 Å². The van der Waals surface area contributed by atoms with E-state index in [0.29, 0.717) is 17.9 Å². The van der Waals surface area contributed by atoms with Crippen LogP contribution in [0.25, 0.3) is 0 Å². The Balaban J connectivity index is 1.89. The summed E-state index contributed by atoms with van der Waals surface area (Å²) in [5.74, 6) is 0.914. The molecule has 0 spiro atoms. The molecule has 1 aliphatic heterocycles. The van der Waals surface area contributed by atoms with E-state index in [1.807, 2.05) is 0 Å². The smallest absolute Gasteiger partial charge is 0.228 e. The van der Waals surface area contributed by atoms with Crippen molar-refractivity contribution in [1.29, 1.82) is 0 Å². The lowest BCUT2D eigenvalue weighted by molar-refractivity contribution is -0.136. The Morgan fingerprint density at radius 3 is 2.40 bits per heavy atom. The minimum Gasteiger partial charge on any atom is -0.384 e. The number of rotatable bonds is 7. The summed E-state index contributed by atoms with van der Waals surface area (Å²) in [5.41, 5.74) is 0.0823. The molecule has 20 heavy (non-hydrogen) atoms. The van der Waals surface area contributed by atoms with Crippen LogP contribution in [0.5, 0.6) is 0 Å². The maximum absolute atomic E-state index is 12.7. The maximum Gasteiger partial charge on any atom is 0.228 e. The molecule has 2 fully saturated rings. The molecule has 1 aliphatic carbocycles. The number of hydrogen-bond donors (Lipinski definition) is 2. The normalized spacial score (nSPS) is 23.6. The lowest BCUT2D eigenvalue weighted by atomic mass is 9.78. The van der Waals surface area contributed by atoms with Gasteiger partial charge in [0, 0.05) is 13.7 Å². The SMILES string of the molecule is COCC1(C(=O)NCC2(CC(C)C)CC2)CCNCC1. The largest absolute Gasteiger partial charge is 0.384 e. The summed E-state index contributed by atoms with van der Waals surface area (Å²) in [6.07, 6.45) is 5.52. The molecule has 0 unspecified atom stereocenters. The minimum atomic E-state index is -0.312. The molecule has 0 aromatic rings. The van der Waals surface area contributed by atoms with E-state index < -0.39 is 0 Å². The third-order valence-corrected chi connectivity index (χ3v) is 4.89. The lowest BCUT2D eigenvalue weighted by Gasteiger charge is -2.36. The van der Waals surface area contributed by atoms with Crippen molar-refractivity contribution < 1.29 is 9.53 Å². The van der Waals surface area contributed by atoms with E-state index in [0.717, 1.165) is 32.5 Å². The van der Waals surface area contributed by atoms with Gasteiger partial charge in [0.2, 0.25) is 5.91 Å². The molecule has 0 atom stereocenters. The van der Waals surface area contributed by atoms with E-state index in [1.54, 1.807) is 7.11 Å². The fraction of sp³-hybridized carbons (Fsp3) is 0.938.